The molecule has 0 radical (unpaired) electrons. The van der Waals surface area contributed by atoms with E-state index in [9.17, 15) is 14.4 Å². The number of carbonyl (C=O) groups excluding carboxylic acids is 3. The lowest BCUT2D eigenvalue weighted by Crippen LogP contribution is -2.30. The quantitative estimate of drug-likeness (QED) is 0.127. The number of para-hydroxylation sites is 2. The molecule has 0 saturated carbocycles. The smallest absolute Gasteiger partial charge is 0.272 e. The van der Waals surface area contributed by atoms with Gasteiger partial charge in [-0.05, 0) is 73.9 Å². The summed E-state index contributed by atoms with van der Waals surface area (Å²) in [5, 5.41) is 8.33. The molecule has 7 nitrogen and oxygen atoms in total. The number of carbonyl (C=O) groups is 3. The molecule has 0 bridgehead atoms. The van der Waals surface area contributed by atoms with Gasteiger partial charge in [-0.25, -0.2) is 0 Å². The molecule has 4 aromatic rings. The predicted octanol–water partition coefficient (Wildman–Crippen LogP) is 7.09. The third-order valence-electron chi connectivity index (χ3n) is 6.73. The van der Waals surface area contributed by atoms with Crippen molar-refractivity contribution >= 4 is 46.9 Å². The number of benzene rings is 4. The van der Waals surface area contributed by atoms with Crippen molar-refractivity contribution in [2.75, 3.05) is 17.7 Å². The number of thioether (sulfide) groups is 1. The van der Waals surface area contributed by atoms with Gasteiger partial charge in [0, 0.05) is 27.4 Å². The average Bonchev–Trinajstić information content (AvgIpc) is 3.02. The van der Waals surface area contributed by atoms with Gasteiger partial charge in [0.2, 0.25) is 5.91 Å². The van der Waals surface area contributed by atoms with E-state index >= 15 is 0 Å². The predicted molar refractivity (Wildman–Crippen MR) is 174 cm³/mol. The number of aryl methyl sites for hydroxylation is 2. The Hall–Kier alpha value is -4.82. The first-order valence-electron chi connectivity index (χ1n) is 14.0. The van der Waals surface area contributed by atoms with Gasteiger partial charge in [-0.15, -0.1) is 11.8 Å². The van der Waals surface area contributed by atoms with Crippen molar-refractivity contribution in [3.8, 4) is 5.75 Å². The Morgan fingerprint density at radius 2 is 1.60 bits per heavy atom. The fourth-order valence-electron chi connectivity index (χ4n) is 4.41. The van der Waals surface area contributed by atoms with Gasteiger partial charge in [-0.3, -0.25) is 14.4 Å². The molecule has 1 atom stereocenters. The average molecular weight is 594 g/mol. The molecule has 3 N–H and O–H groups in total. The van der Waals surface area contributed by atoms with Crippen LogP contribution in [0.2, 0.25) is 0 Å². The minimum atomic E-state index is -0.505. The number of nitrogens with one attached hydrogen (secondary N) is 3. The van der Waals surface area contributed by atoms with Crippen molar-refractivity contribution in [3.05, 3.63) is 125 Å². The first-order chi connectivity index (χ1) is 20.8. The lowest BCUT2D eigenvalue weighted by molar-refractivity contribution is -0.115. The zero-order valence-corrected chi connectivity index (χ0v) is 25.5. The van der Waals surface area contributed by atoms with Gasteiger partial charge in [-0.2, -0.15) is 0 Å². The van der Waals surface area contributed by atoms with E-state index < -0.39 is 11.8 Å². The molecule has 0 aliphatic rings. The van der Waals surface area contributed by atoms with Crippen LogP contribution < -0.4 is 20.7 Å². The second-order valence-corrected chi connectivity index (χ2v) is 11.2. The van der Waals surface area contributed by atoms with Crippen LogP contribution in [0.4, 0.5) is 11.4 Å². The highest BCUT2D eigenvalue weighted by Crippen LogP contribution is 2.28. The van der Waals surface area contributed by atoms with Crippen LogP contribution in [0.1, 0.15) is 40.9 Å². The third-order valence-corrected chi connectivity index (χ3v) is 7.82. The normalized spacial score (nSPS) is 11.8. The number of rotatable bonds is 11. The van der Waals surface area contributed by atoms with Gasteiger partial charge in [0.05, 0.1) is 12.4 Å². The van der Waals surface area contributed by atoms with Crippen molar-refractivity contribution in [1.29, 1.82) is 0 Å². The highest BCUT2D eigenvalue weighted by atomic mass is 32.2. The van der Waals surface area contributed by atoms with Crippen LogP contribution in [0.15, 0.2) is 108 Å². The van der Waals surface area contributed by atoms with Crippen LogP contribution in [0.3, 0.4) is 0 Å². The maximum atomic E-state index is 13.5. The first kappa shape index (κ1) is 31.1. The molecular formula is C35H35N3O4S. The Morgan fingerprint density at radius 3 is 2.35 bits per heavy atom. The number of hydrogen-bond acceptors (Lipinski definition) is 5. The fraction of sp³-hybridized carbons (Fsp3) is 0.171. The number of amides is 3. The summed E-state index contributed by atoms with van der Waals surface area (Å²) in [5.41, 5.74) is 4.59. The monoisotopic (exact) mass is 593 g/mol. The van der Waals surface area contributed by atoms with Crippen molar-refractivity contribution in [2.45, 2.75) is 37.3 Å². The summed E-state index contributed by atoms with van der Waals surface area (Å²) in [5.74, 6) is -0.464. The van der Waals surface area contributed by atoms with E-state index in [4.69, 9.17) is 4.74 Å². The highest BCUT2D eigenvalue weighted by Gasteiger charge is 2.19. The number of methoxy groups -OCH3 is 1. The van der Waals surface area contributed by atoms with Crippen molar-refractivity contribution < 1.29 is 19.1 Å². The Balaban J connectivity index is 1.51. The van der Waals surface area contributed by atoms with Crippen LogP contribution in [0.5, 0.6) is 5.75 Å². The molecular weight excluding hydrogens is 558 g/mol. The third kappa shape index (κ3) is 8.36. The van der Waals surface area contributed by atoms with Gasteiger partial charge in [0.25, 0.3) is 11.8 Å². The lowest BCUT2D eigenvalue weighted by Gasteiger charge is -2.17. The van der Waals surface area contributed by atoms with E-state index in [1.807, 2.05) is 62.4 Å². The summed E-state index contributed by atoms with van der Waals surface area (Å²) in [6, 6.07) is 29.2. The maximum absolute atomic E-state index is 13.5. The van der Waals surface area contributed by atoms with E-state index in [0.29, 0.717) is 22.6 Å². The molecule has 0 heterocycles. The number of hydrogen-bond donors (Lipinski definition) is 3. The fourth-order valence-corrected chi connectivity index (χ4v) is 5.34. The second kappa shape index (κ2) is 14.9. The summed E-state index contributed by atoms with van der Waals surface area (Å²) >= 11 is 1.39. The Kier molecular flexibility index (Phi) is 10.8. The number of ether oxygens (including phenoxy) is 1. The van der Waals surface area contributed by atoms with Gasteiger partial charge < -0.3 is 20.7 Å². The van der Waals surface area contributed by atoms with Gasteiger partial charge in [0.1, 0.15) is 11.4 Å². The molecule has 4 aromatic carbocycles. The van der Waals surface area contributed by atoms with Gasteiger partial charge in [-0.1, -0.05) is 67.6 Å². The number of anilines is 2. The molecule has 0 aliphatic heterocycles. The minimum Gasteiger partial charge on any atom is -0.496 e. The van der Waals surface area contributed by atoms with E-state index in [0.717, 1.165) is 28.1 Å². The van der Waals surface area contributed by atoms with Crippen molar-refractivity contribution in [2.24, 2.45) is 0 Å². The molecule has 220 valence electrons. The summed E-state index contributed by atoms with van der Waals surface area (Å²) in [7, 11) is 1.54. The molecule has 8 heteroatoms. The van der Waals surface area contributed by atoms with Crippen molar-refractivity contribution in [3.63, 3.8) is 0 Å². The molecule has 0 fully saturated rings. The van der Waals surface area contributed by atoms with Gasteiger partial charge >= 0.3 is 0 Å². The molecule has 43 heavy (non-hydrogen) atoms. The maximum Gasteiger partial charge on any atom is 0.272 e. The zero-order valence-electron chi connectivity index (χ0n) is 24.6. The summed E-state index contributed by atoms with van der Waals surface area (Å²) in [4.78, 5) is 40.4. The topological polar surface area (TPSA) is 96.5 Å². The SMILES string of the molecule is CCc1cccc(C)c1NC(=O)C(C)Sc1cccc(NC(=O)/C(=C\c2ccccc2OC)NC(=O)c2ccccc2)c1. The van der Waals surface area contributed by atoms with Crippen molar-refractivity contribution in [1.82, 2.24) is 5.32 Å². The summed E-state index contributed by atoms with van der Waals surface area (Å²) < 4.78 is 5.44. The molecule has 1 unspecified atom stereocenters. The van der Waals surface area contributed by atoms with Crippen LogP contribution in [-0.4, -0.2) is 30.1 Å². The van der Waals surface area contributed by atoms with Crippen LogP contribution in [0, 0.1) is 6.92 Å². The first-order valence-corrected chi connectivity index (χ1v) is 14.9. The molecule has 0 spiro atoms. The van der Waals surface area contributed by atoms with Crippen LogP contribution in [-0.2, 0) is 16.0 Å². The Bertz CT molecular complexity index is 1640. The largest absolute Gasteiger partial charge is 0.496 e. The Morgan fingerprint density at radius 1 is 0.884 bits per heavy atom. The zero-order chi connectivity index (χ0) is 30.8. The lowest BCUT2D eigenvalue weighted by atomic mass is 10.1. The minimum absolute atomic E-state index is 0.0501. The van der Waals surface area contributed by atoms with E-state index in [2.05, 4.69) is 22.9 Å². The molecule has 0 saturated heterocycles. The molecule has 4 rings (SSSR count). The van der Waals surface area contributed by atoms with Gasteiger partial charge in [0.15, 0.2) is 0 Å². The summed E-state index contributed by atoms with van der Waals surface area (Å²) in [6.45, 7) is 5.90. The molecule has 0 aliphatic carbocycles. The van der Waals surface area contributed by atoms with E-state index in [1.54, 1.807) is 61.7 Å². The molecule has 0 aromatic heterocycles. The van der Waals surface area contributed by atoms with Crippen LogP contribution >= 0.6 is 11.8 Å². The van der Waals surface area contributed by atoms with E-state index in [-0.39, 0.29) is 16.9 Å². The summed E-state index contributed by atoms with van der Waals surface area (Å²) in [6.07, 6.45) is 2.40. The van der Waals surface area contributed by atoms with E-state index in [1.165, 1.54) is 11.8 Å². The second-order valence-electron chi connectivity index (χ2n) is 9.81. The standard InChI is InChI=1S/C35H35N3O4S/c1-5-25-17-11-13-23(2)32(25)38-33(39)24(3)43-29-19-12-18-28(22-29)36-35(41)30(21-27-16-9-10-20-31(27)42-4)37-34(40)26-14-7-6-8-15-26/h6-22,24H,5H2,1-4H3,(H,36,41)(H,37,40)(H,38,39)/b30-21+. The van der Waals surface area contributed by atoms with Crippen LogP contribution in [0.25, 0.3) is 6.08 Å². The molecule has 3 amide bonds. The highest BCUT2D eigenvalue weighted by molar-refractivity contribution is 8.00. The Labute approximate surface area is 256 Å².